The Kier molecular flexibility index (Phi) is 6.47. The van der Waals surface area contributed by atoms with Gasteiger partial charge in [0, 0.05) is 51.4 Å². The molecule has 0 saturated heterocycles. The third-order valence-corrected chi connectivity index (χ3v) is 5.85. The van der Waals surface area contributed by atoms with Gasteiger partial charge in [0.05, 0.1) is 7.11 Å². The van der Waals surface area contributed by atoms with Gasteiger partial charge in [0.1, 0.15) is 17.6 Å². The predicted molar refractivity (Wildman–Crippen MR) is 108 cm³/mol. The number of rotatable bonds is 8. The van der Waals surface area contributed by atoms with Gasteiger partial charge in [-0.25, -0.2) is 0 Å². The fourth-order valence-corrected chi connectivity index (χ4v) is 3.99. The Labute approximate surface area is 162 Å². The number of aliphatic imine (C=N–C) groups is 1. The number of hydrogen-bond acceptors (Lipinski definition) is 4. The van der Waals surface area contributed by atoms with E-state index in [9.17, 15) is 0 Å². The number of hydrogen-bond donors (Lipinski definition) is 2. The molecule has 1 aromatic rings. The highest BCUT2D eigenvalue weighted by molar-refractivity contribution is 5.79. The van der Waals surface area contributed by atoms with Gasteiger partial charge in [0.15, 0.2) is 5.96 Å². The van der Waals surface area contributed by atoms with Crippen LogP contribution in [0.15, 0.2) is 17.1 Å². The molecule has 3 rings (SSSR count). The van der Waals surface area contributed by atoms with E-state index in [1.807, 2.05) is 7.05 Å². The van der Waals surface area contributed by atoms with Crippen LogP contribution in [-0.2, 0) is 17.7 Å². The molecule has 2 aliphatic rings. The van der Waals surface area contributed by atoms with Crippen molar-refractivity contribution in [2.75, 3.05) is 34.4 Å². The van der Waals surface area contributed by atoms with Crippen molar-refractivity contribution in [2.24, 2.45) is 10.4 Å². The van der Waals surface area contributed by atoms with E-state index in [2.05, 4.69) is 34.7 Å². The number of nitrogens with one attached hydrogen (secondary N) is 2. The summed E-state index contributed by atoms with van der Waals surface area (Å²) >= 11 is 0. The lowest BCUT2D eigenvalue weighted by molar-refractivity contribution is 0.0732. The number of guanidine groups is 1. The molecule has 1 saturated carbocycles. The molecule has 1 atom stereocenters. The summed E-state index contributed by atoms with van der Waals surface area (Å²) in [5.74, 6) is 2.68. The van der Waals surface area contributed by atoms with Crippen molar-refractivity contribution < 1.29 is 14.2 Å². The van der Waals surface area contributed by atoms with Crippen molar-refractivity contribution in [3.63, 3.8) is 0 Å². The van der Waals surface area contributed by atoms with Gasteiger partial charge in [0.25, 0.3) is 0 Å². The van der Waals surface area contributed by atoms with Crippen molar-refractivity contribution in [3.8, 4) is 11.5 Å². The van der Waals surface area contributed by atoms with Gasteiger partial charge in [0.2, 0.25) is 0 Å². The van der Waals surface area contributed by atoms with E-state index in [-0.39, 0.29) is 6.10 Å². The van der Waals surface area contributed by atoms with Gasteiger partial charge >= 0.3 is 0 Å². The van der Waals surface area contributed by atoms with E-state index in [1.54, 1.807) is 14.2 Å². The van der Waals surface area contributed by atoms with Crippen molar-refractivity contribution in [2.45, 2.75) is 51.7 Å². The molecule has 1 aliphatic carbocycles. The lowest BCUT2D eigenvalue weighted by Crippen LogP contribution is -2.46. The summed E-state index contributed by atoms with van der Waals surface area (Å²) in [5.41, 5.74) is 2.64. The van der Waals surface area contributed by atoms with Crippen LogP contribution in [0.5, 0.6) is 11.5 Å². The molecule has 1 aromatic carbocycles. The largest absolute Gasteiger partial charge is 0.496 e. The zero-order chi connectivity index (χ0) is 19.3. The lowest BCUT2D eigenvalue weighted by Gasteiger charge is -2.42. The van der Waals surface area contributed by atoms with Crippen LogP contribution in [0.1, 0.15) is 43.7 Å². The molecule has 1 unspecified atom stereocenters. The molecular weight excluding hydrogens is 342 g/mol. The summed E-state index contributed by atoms with van der Waals surface area (Å²) in [6, 6.07) is 4.18. The molecule has 0 radical (unpaired) electrons. The fourth-order valence-electron chi connectivity index (χ4n) is 3.99. The molecule has 2 N–H and O–H groups in total. The van der Waals surface area contributed by atoms with Crippen LogP contribution < -0.4 is 20.1 Å². The Bertz CT molecular complexity index is 671. The third-order valence-electron chi connectivity index (χ3n) is 5.85. The second kappa shape index (κ2) is 8.83. The zero-order valence-corrected chi connectivity index (χ0v) is 17.1. The highest BCUT2D eigenvalue weighted by atomic mass is 16.5. The monoisotopic (exact) mass is 375 g/mol. The maximum absolute atomic E-state index is 5.89. The molecule has 0 bridgehead atoms. The topological polar surface area (TPSA) is 64.1 Å². The normalized spacial score (nSPS) is 20.4. The zero-order valence-electron chi connectivity index (χ0n) is 17.1. The average Bonchev–Trinajstić information content (AvgIpc) is 3.00. The average molecular weight is 376 g/mol. The van der Waals surface area contributed by atoms with Crippen LogP contribution in [-0.4, -0.2) is 46.5 Å². The molecular formula is C21H33N3O3. The number of ether oxygens (including phenoxy) is 3. The first kappa shape index (κ1) is 19.8. The lowest BCUT2D eigenvalue weighted by atomic mass is 9.67. The maximum Gasteiger partial charge on any atom is 0.191 e. The van der Waals surface area contributed by atoms with Gasteiger partial charge in [-0.05, 0) is 43.7 Å². The Hall–Kier alpha value is -1.95. The quantitative estimate of drug-likeness (QED) is 0.540. The van der Waals surface area contributed by atoms with Crippen molar-refractivity contribution in [1.82, 2.24) is 10.6 Å². The number of methoxy groups -OCH3 is 2. The minimum atomic E-state index is 0.230. The number of benzene rings is 1. The van der Waals surface area contributed by atoms with E-state index in [1.165, 1.54) is 24.8 Å². The van der Waals surface area contributed by atoms with Crippen LogP contribution in [0.3, 0.4) is 0 Å². The van der Waals surface area contributed by atoms with E-state index in [0.29, 0.717) is 12.0 Å². The molecule has 0 amide bonds. The SMILES string of the molecule is CN=C(NCc1cc2c(cc1OC)CC(C)O2)NCC1(CCOC)CCC1. The Morgan fingerprint density at radius 3 is 2.74 bits per heavy atom. The maximum atomic E-state index is 5.89. The smallest absolute Gasteiger partial charge is 0.191 e. The van der Waals surface area contributed by atoms with Crippen molar-refractivity contribution >= 4 is 5.96 Å². The second-order valence-corrected chi connectivity index (χ2v) is 7.78. The first-order chi connectivity index (χ1) is 13.1. The van der Waals surface area contributed by atoms with Crippen LogP contribution in [0.2, 0.25) is 0 Å². The Morgan fingerprint density at radius 2 is 2.11 bits per heavy atom. The molecule has 6 nitrogen and oxygen atoms in total. The van der Waals surface area contributed by atoms with E-state index in [4.69, 9.17) is 14.2 Å². The molecule has 6 heteroatoms. The van der Waals surface area contributed by atoms with E-state index < -0.39 is 0 Å². The van der Waals surface area contributed by atoms with Crippen molar-refractivity contribution in [1.29, 1.82) is 0 Å². The summed E-state index contributed by atoms with van der Waals surface area (Å²) in [6.45, 7) is 4.48. The molecule has 27 heavy (non-hydrogen) atoms. The number of nitrogens with zero attached hydrogens (tertiary/aromatic N) is 1. The van der Waals surface area contributed by atoms with Gasteiger partial charge in [-0.1, -0.05) is 6.42 Å². The fraction of sp³-hybridized carbons (Fsp3) is 0.667. The van der Waals surface area contributed by atoms with Crippen LogP contribution >= 0.6 is 0 Å². The minimum Gasteiger partial charge on any atom is -0.496 e. The minimum absolute atomic E-state index is 0.230. The van der Waals surface area contributed by atoms with Gasteiger partial charge < -0.3 is 24.8 Å². The van der Waals surface area contributed by atoms with E-state index in [0.717, 1.165) is 49.0 Å². The Morgan fingerprint density at radius 1 is 1.30 bits per heavy atom. The van der Waals surface area contributed by atoms with Crippen LogP contribution in [0.4, 0.5) is 0 Å². The summed E-state index contributed by atoms with van der Waals surface area (Å²) in [6.07, 6.45) is 6.09. The second-order valence-electron chi connectivity index (χ2n) is 7.78. The van der Waals surface area contributed by atoms with Crippen LogP contribution in [0.25, 0.3) is 0 Å². The standard InChI is InChI=1S/C21H33N3O3/c1-15-10-16-11-18(26-4)17(12-19(16)27-15)13-23-20(22-2)24-14-21(6-5-7-21)8-9-25-3/h11-12,15H,5-10,13-14H2,1-4H3,(H2,22,23,24). The highest BCUT2D eigenvalue weighted by Crippen LogP contribution is 2.43. The summed E-state index contributed by atoms with van der Waals surface area (Å²) < 4.78 is 16.8. The van der Waals surface area contributed by atoms with Gasteiger partial charge in [-0.2, -0.15) is 0 Å². The molecule has 1 fully saturated rings. The van der Waals surface area contributed by atoms with Crippen molar-refractivity contribution in [3.05, 3.63) is 23.3 Å². The molecule has 1 aliphatic heterocycles. The molecule has 0 spiro atoms. The summed E-state index contributed by atoms with van der Waals surface area (Å²) in [5, 5.41) is 6.91. The van der Waals surface area contributed by atoms with Gasteiger partial charge in [-0.15, -0.1) is 0 Å². The van der Waals surface area contributed by atoms with Crippen LogP contribution in [0, 0.1) is 5.41 Å². The summed E-state index contributed by atoms with van der Waals surface area (Å²) in [4.78, 5) is 4.38. The first-order valence-corrected chi connectivity index (χ1v) is 9.89. The summed E-state index contributed by atoms with van der Waals surface area (Å²) in [7, 11) is 5.30. The number of fused-ring (bicyclic) bond motifs is 1. The molecule has 150 valence electrons. The Balaban J connectivity index is 1.57. The van der Waals surface area contributed by atoms with Gasteiger partial charge in [-0.3, -0.25) is 4.99 Å². The van der Waals surface area contributed by atoms with E-state index >= 15 is 0 Å². The third kappa shape index (κ3) is 4.67. The molecule has 1 heterocycles. The predicted octanol–water partition coefficient (Wildman–Crippen LogP) is 2.89. The highest BCUT2D eigenvalue weighted by Gasteiger charge is 2.36. The first-order valence-electron chi connectivity index (χ1n) is 9.89. The molecule has 0 aromatic heterocycles.